The van der Waals surface area contributed by atoms with Gasteiger partial charge < -0.3 is 10.2 Å². The zero-order chi connectivity index (χ0) is 15.5. The molecule has 0 saturated heterocycles. The Labute approximate surface area is 132 Å². The molecule has 1 amide bonds. The number of carbonyl (C=O) groups is 1. The Hall–Kier alpha value is -2.29. The third-order valence-electron chi connectivity index (χ3n) is 4.35. The molecule has 0 saturated carbocycles. The first kappa shape index (κ1) is 14.6. The highest BCUT2D eigenvalue weighted by Gasteiger charge is 2.18. The molecule has 22 heavy (non-hydrogen) atoms. The number of benzene rings is 2. The number of nitrogens with zero attached hydrogens (tertiary/aromatic N) is 1. The number of nitrogens with one attached hydrogen (secondary N) is 1. The summed E-state index contributed by atoms with van der Waals surface area (Å²) < 4.78 is 0. The number of carbonyl (C=O) groups excluding carboxylic acids is 1. The molecule has 0 radical (unpaired) electrons. The molecule has 0 bridgehead atoms. The summed E-state index contributed by atoms with van der Waals surface area (Å²) >= 11 is 0. The van der Waals surface area contributed by atoms with E-state index in [9.17, 15) is 4.79 Å². The molecule has 2 aromatic rings. The molecule has 3 heteroatoms. The Morgan fingerprint density at radius 3 is 2.55 bits per heavy atom. The highest BCUT2D eigenvalue weighted by atomic mass is 16.2. The van der Waals surface area contributed by atoms with Crippen molar-refractivity contribution in [2.24, 2.45) is 0 Å². The average molecular weight is 294 g/mol. The number of anilines is 1. The summed E-state index contributed by atoms with van der Waals surface area (Å²) in [5.74, 6) is 0.147. The van der Waals surface area contributed by atoms with Gasteiger partial charge in [-0.1, -0.05) is 30.3 Å². The van der Waals surface area contributed by atoms with Gasteiger partial charge in [0.15, 0.2) is 0 Å². The number of rotatable bonds is 5. The van der Waals surface area contributed by atoms with Crippen LogP contribution >= 0.6 is 0 Å². The van der Waals surface area contributed by atoms with E-state index in [2.05, 4.69) is 47.8 Å². The zero-order valence-electron chi connectivity index (χ0n) is 13.2. The molecular formula is C19H22N2O. The lowest BCUT2D eigenvalue weighted by Crippen LogP contribution is -2.35. The van der Waals surface area contributed by atoms with E-state index in [1.54, 1.807) is 0 Å². The van der Waals surface area contributed by atoms with Crippen molar-refractivity contribution in [3.05, 3.63) is 53.6 Å². The first-order valence-corrected chi connectivity index (χ1v) is 7.95. The lowest BCUT2D eigenvalue weighted by Gasteiger charge is -2.19. The van der Waals surface area contributed by atoms with Crippen molar-refractivity contribution in [1.82, 2.24) is 4.90 Å². The highest BCUT2D eigenvalue weighted by molar-refractivity contribution is 5.82. The number of fused-ring (bicyclic) bond motifs is 3. The topological polar surface area (TPSA) is 32.3 Å². The first-order chi connectivity index (χ1) is 10.7. The molecule has 3 nitrogen and oxygen atoms in total. The largest absolute Gasteiger partial charge is 0.376 e. The van der Waals surface area contributed by atoms with E-state index >= 15 is 0 Å². The van der Waals surface area contributed by atoms with Crippen LogP contribution in [0.15, 0.2) is 42.5 Å². The third-order valence-corrected chi connectivity index (χ3v) is 4.35. The molecule has 1 N–H and O–H groups in total. The van der Waals surface area contributed by atoms with Gasteiger partial charge in [-0.3, -0.25) is 4.79 Å². The van der Waals surface area contributed by atoms with Crippen LogP contribution in [0.5, 0.6) is 0 Å². The lowest BCUT2D eigenvalue weighted by atomic mass is 10.1. The molecule has 3 rings (SSSR count). The van der Waals surface area contributed by atoms with Gasteiger partial charge in [0.05, 0.1) is 6.54 Å². The second kappa shape index (κ2) is 6.22. The monoisotopic (exact) mass is 294 g/mol. The normalized spacial score (nSPS) is 11.7. The second-order valence-electron chi connectivity index (χ2n) is 5.63. The minimum Gasteiger partial charge on any atom is -0.376 e. The molecule has 0 heterocycles. The van der Waals surface area contributed by atoms with E-state index in [1.165, 1.54) is 22.3 Å². The summed E-state index contributed by atoms with van der Waals surface area (Å²) in [5.41, 5.74) is 6.39. The fourth-order valence-corrected chi connectivity index (χ4v) is 3.12. The summed E-state index contributed by atoms with van der Waals surface area (Å²) in [6.45, 7) is 5.89. The number of hydrogen-bond donors (Lipinski definition) is 1. The van der Waals surface area contributed by atoms with Crippen LogP contribution in [-0.2, 0) is 11.2 Å². The minimum atomic E-state index is 0.147. The van der Waals surface area contributed by atoms with Crippen LogP contribution < -0.4 is 5.32 Å². The Morgan fingerprint density at radius 2 is 1.77 bits per heavy atom. The third kappa shape index (κ3) is 2.71. The van der Waals surface area contributed by atoms with Crippen LogP contribution in [0.25, 0.3) is 11.1 Å². The van der Waals surface area contributed by atoms with E-state index in [1.807, 2.05) is 18.7 Å². The van der Waals surface area contributed by atoms with Crippen molar-refractivity contribution in [2.75, 3.05) is 25.0 Å². The van der Waals surface area contributed by atoms with Crippen molar-refractivity contribution in [2.45, 2.75) is 20.3 Å². The molecule has 1 aliphatic rings. The van der Waals surface area contributed by atoms with Gasteiger partial charge in [-0.25, -0.2) is 0 Å². The summed E-state index contributed by atoms with van der Waals surface area (Å²) in [4.78, 5) is 13.9. The van der Waals surface area contributed by atoms with E-state index in [0.717, 1.165) is 25.2 Å². The standard InChI is InChI=1S/C19H22N2O/c1-3-21(4-2)19(22)13-20-16-9-10-18-15(12-16)11-14-7-5-6-8-17(14)18/h5-10,12,20H,3-4,11,13H2,1-2H3. The van der Waals surface area contributed by atoms with Crippen LogP contribution in [0.1, 0.15) is 25.0 Å². The Kier molecular flexibility index (Phi) is 4.14. The molecule has 114 valence electrons. The van der Waals surface area contributed by atoms with Crippen LogP contribution in [0.3, 0.4) is 0 Å². The molecule has 0 atom stereocenters. The summed E-state index contributed by atoms with van der Waals surface area (Å²) in [5, 5.41) is 3.26. The summed E-state index contributed by atoms with van der Waals surface area (Å²) in [7, 11) is 0. The van der Waals surface area contributed by atoms with Crippen molar-refractivity contribution < 1.29 is 4.79 Å². The van der Waals surface area contributed by atoms with Gasteiger partial charge in [0, 0.05) is 18.8 Å². The van der Waals surface area contributed by atoms with E-state index in [-0.39, 0.29) is 5.91 Å². The summed E-state index contributed by atoms with van der Waals surface area (Å²) in [6, 6.07) is 14.9. The second-order valence-corrected chi connectivity index (χ2v) is 5.63. The van der Waals surface area contributed by atoms with Crippen molar-refractivity contribution >= 4 is 11.6 Å². The number of amides is 1. The van der Waals surface area contributed by atoms with Gasteiger partial charge in [-0.05, 0) is 54.7 Å². The van der Waals surface area contributed by atoms with Gasteiger partial charge in [0.25, 0.3) is 0 Å². The van der Waals surface area contributed by atoms with Gasteiger partial charge in [0.1, 0.15) is 0 Å². The van der Waals surface area contributed by atoms with Gasteiger partial charge in [0.2, 0.25) is 5.91 Å². The molecule has 2 aromatic carbocycles. The quantitative estimate of drug-likeness (QED) is 0.780. The predicted octanol–water partition coefficient (Wildman–Crippen LogP) is 3.54. The average Bonchev–Trinajstić information content (AvgIpc) is 2.91. The molecule has 0 unspecified atom stereocenters. The lowest BCUT2D eigenvalue weighted by molar-refractivity contribution is -0.128. The van der Waals surface area contributed by atoms with Gasteiger partial charge >= 0.3 is 0 Å². The number of hydrogen-bond acceptors (Lipinski definition) is 2. The molecule has 1 aliphatic carbocycles. The molecule has 0 aliphatic heterocycles. The maximum atomic E-state index is 12.1. The maximum absolute atomic E-state index is 12.1. The Morgan fingerprint density at radius 1 is 1.05 bits per heavy atom. The number of likely N-dealkylation sites (N-methyl/N-ethyl adjacent to an activating group) is 1. The van der Waals surface area contributed by atoms with Crippen molar-refractivity contribution in [3.63, 3.8) is 0 Å². The Bertz CT molecular complexity index is 690. The minimum absolute atomic E-state index is 0.147. The van der Waals surface area contributed by atoms with Crippen LogP contribution in [0.4, 0.5) is 5.69 Å². The van der Waals surface area contributed by atoms with E-state index < -0.39 is 0 Å². The maximum Gasteiger partial charge on any atom is 0.241 e. The van der Waals surface area contributed by atoms with E-state index in [4.69, 9.17) is 0 Å². The SMILES string of the molecule is CCN(CC)C(=O)CNc1ccc2c(c1)Cc1ccccc1-2. The van der Waals surface area contributed by atoms with Crippen LogP contribution in [0, 0.1) is 0 Å². The van der Waals surface area contributed by atoms with Gasteiger partial charge in [-0.2, -0.15) is 0 Å². The highest BCUT2D eigenvalue weighted by Crippen LogP contribution is 2.37. The van der Waals surface area contributed by atoms with Gasteiger partial charge in [-0.15, -0.1) is 0 Å². The summed E-state index contributed by atoms with van der Waals surface area (Å²) in [6.07, 6.45) is 0.977. The molecule has 0 aromatic heterocycles. The van der Waals surface area contributed by atoms with Crippen molar-refractivity contribution in [3.8, 4) is 11.1 Å². The molecular weight excluding hydrogens is 272 g/mol. The fraction of sp³-hybridized carbons (Fsp3) is 0.316. The first-order valence-electron chi connectivity index (χ1n) is 7.95. The fourth-order valence-electron chi connectivity index (χ4n) is 3.12. The zero-order valence-corrected chi connectivity index (χ0v) is 13.2. The predicted molar refractivity (Wildman–Crippen MR) is 91.1 cm³/mol. The van der Waals surface area contributed by atoms with Crippen LogP contribution in [-0.4, -0.2) is 30.4 Å². The van der Waals surface area contributed by atoms with Crippen molar-refractivity contribution in [1.29, 1.82) is 0 Å². The molecule has 0 spiro atoms. The van der Waals surface area contributed by atoms with E-state index in [0.29, 0.717) is 6.54 Å². The molecule has 0 fully saturated rings. The van der Waals surface area contributed by atoms with Crippen LogP contribution in [0.2, 0.25) is 0 Å². The smallest absolute Gasteiger partial charge is 0.241 e. The Balaban J connectivity index is 1.71.